The summed E-state index contributed by atoms with van der Waals surface area (Å²) in [7, 11) is 0. The van der Waals surface area contributed by atoms with Crippen molar-refractivity contribution >= 4 is 0 Å². The molecule has 0 heterocycles. The third kappa shape index (κ3) is 3.87. The molecule has 0 bridgehead atoms. The SMILES string of the molecule is C/C=C(O)\C=C(/C)C(C)CC. The molecule has 64 valence electrons. The zero-order valence-electron chi connectivity index (χ0n) is 7.89. The van der Waals surface area contributed by atoms with Crippen LogP contribution in [0.5, 0.6) is 0 Å². The Morgan fingerprint density at radius 3 is 2.45 bits per heavy atom. The molecule has 0 aliphatic carbocycles. The highest BCUT2D eigenvalue weighted by atomic mass is 16.3. The van der Waals surface area contributed by atoms with Crippen LogP contribution in [0.15, 0.2) is 23.5 Å². The molecule has 1 nitrogen and oxygen atoms in total. The van der Waals surface area contributed by atoms with Crippen molar-refractivity contribution in [2.45, 2.75) is 34.1 Å². The van der Waals surface area contributed by atoms with Crippen LogP contribution in [0.1, 0.15) is 34.1 Å². The molecule has 0 aromatic rings. The van der Waals surface area contributed by atoms with Crippen molar-refractivity contribution in [1.29, 1.82) is 0 Å². The number of hydrogen-bond donors (Lipinski definition) is 1. The minimum atomic E-state index is 0.364. The van der Waals surface area contributed by atoms with Gasteiger partial charge in [0.1, 0.15) is 5.76 Å². The van der Waals surface area contributed by atoms with Gasteiger partial charge in [-0.15, -0.1) is 0 Å². The fourth-order valence-electron chi connectivity index (χ4n) is 0.781. The maximum Gasteiger partial charge on any atom is 0.111 e. The van der Waals surface area contributed by atoms with E-state index in [0.717, 1.165) is 6.42 Å². The van der Waals surface area contributed by atoms with Gasteiger partial charge in [0.25, 0.3) is 0 Å². The van der Waals surface area contributed by atoms with Crippen LogP contribution >= 0.6 is 0 Å². The average Bonchev–Trinajstić information content (AvgIpc) is 2.02. The van der Waals surface area contributed by atoms with Gasteiger partial charge in [0.15, 0.2) is 0 Å². The van der Waals surface area contributed by atoms with Gasteiger partial charge in [-0.05, 0) is 38.3 Å². The summed E-state index contributed by atoms with van der Waals surface area (Å²) < 4.78 is 0. The number of aliphatic hydroxyl groups excluding tert-OH is 1. The molecule has 0 amide bonds. The first kappa shape index (κ1) is 10.3. The van der Waals surface area contributed by atoms with E-state index < -0.39 is 0 Å². The Bertz CT molecular complexity index is 166. The molecule has 1 unspecified atom stereocenters. The van der Waals surface area contributed by atoms with Crippen LogP contribution in [-0.4, -0.2) is 5.11 Å². The quantitative estimate of drug-likeness (QED) is 0.487. The molecule has 1 atom stereocenters. The Balaban J connectivity index is 4.21. The second kappa shape index (κ2) is 5.00. The minimum Gasteiger partial charge on any atom is -0.508 e. The van der Waals surface area contributed by atoms with E-state index in [0.29, 0.717) is 11.7 Å². The third-order valence-electron chi connectivity index (χ3n) is 2.06. The highest BCUT2D eigenvalue weighted by Gasteiger charge is 2.00. The van der Waals surface area contributed by atoms with Crippen molar-refractivity contribution in [3.05, 3.63) is 23.5 Å². The predicted molar refractivity (Wildman–Crippen MR) is 49.6 cm³/mol. The molecular formula is C10H18O. The van der Waals surface area contributed by atoms with Crippen LogP contribution in [0.3, 0.4) is 0 Å². The third-order valence-corrected chi connectivity index (χ3v) is 2.06. The number of hydrogen-bond acceptors (Lipinski definition) is 1. The van der Waals surface area contributed by atoms with E-state index in [1.165, 1.54) is 5.57 Å². The molecule has 0 saturated carbocycles. The minimum absolute atomic E-state index is 0.364. The fraction of sp³-hybridized carbons (Fsp3) is 0.600. The fourth-order valence-corrected chi connectivity index (χ4v) is 0.781. The first-order valence-corrected chi connectivity index (χ1v) is 4.15. The summed E-state index contributed by atoms with van der Waals surface area (Å²) in [5.74, 6) is 0.930. The smallest absolute Gasteiger partial charge is 0.111 e. The van der Waals surface area contributed by atoms with Crippen LogP contribution in [-0.2, 0) is 0 Å². The summed E-state index contributed by atoms with van der Waals surface area (Å²) in [5.41, 5.74) is 1.24. The van der Waals surface area contributed by atoms with Gasteiger partial charge in [-0.2, -0.15) is 0 Å². The summed E-state index contributed by atoms with van der Waals surface area (Å²) in [4.78, 5) is 0. The van der Waals surface area contributed by atoms with Crippen LogP contribution < -0.4 is 0 Å². The lowest BCUT2D eigenvalue weighted by Gasteiger charge is -2.07. The summed E-state index contributed by atoms with van der Waals surface area (Å²) in [6.07, 6.45) is 4.65. The maximum atomic E-state index is 9.16. The van der Waals surface area contributed by atoms with E-state index in [1.807, 2.05) is 19.9 Å². The standard InChI is InChI=1S/C10H18O/c1-5-8(3)9(4)7-10(11)6-2/h6-8,11H,5H2,1-4H3/b9-7+,10-6+. The molecule has 0 rings (SSSR count). The Hall–Kier alpha value is -0.720. The second-order valence-corrected chi connectivity index (χ2v) is 2.91. The van der Waals surface area contributed by atoms with E-state index in [-0.39, 0.29) is 0 Å². The van der Waals surface area contributed by atoms with E-state index in [1.54, 1.807) is 6.08 Å². The molecule has 0 aliphatic rings. The normalized spacial score (nSPS) is 16.7. The van der Waals surface area contributed by atoms with Gasteiger partial charge in [-0.1, -0.05) is 19.4 Å². The van der Waals surface area contributed by atoms with Crippen molar-refractivity contribution in [3.8, 4) is 0 Å². The van der Waals surface area contributed by atoms with Crippen LogP contribution in [0, 0.1) is 5.92 Å². The van der Waals surface area contributed by atoms with Crippen molar-refractivity contribution in [3.63, 3.8) is 0 Å². The second-order valence-electron chi connectivity index (χ2n) is 2.91. The van der Waals surface area contributed by atoms with Crippen molar-refractivity contribution < 1.29 is 5.11 Å². The highest BCUT2D eigenvalue weighted by molar-refractivity contribution is 5.16. The zero-order valence-corrected chi connectivity index (χ0v) is 7.89. The van der Waals surface area contributed by atoms with E-state index >= 15 is 0 Å². The van der Waals surface area contributed by atoms with E-state index in [4.69, 9.17) is 5.11 Å². The number of rotatable bonds is 3. The summed E-state index contributed by atoms with van der Waals surface area (Å²) >= 11 is 0. The first-order valence-electron chi connectivity index (χ1n) is 4.15. The van der Waals surface area contributed by atoms with Gasteiger partial charge < -0.3 is 5.11 Å². The van der Waals surface area contributed by atoms with E-state index in [2.05, 4.69) is 13.8 Å². The van der Waals surface area contributed by atoms with Gasteiger partial charge in [0, 0.05) is 0 Å². The molecule has 0 spiro atoms. The summed E-state index contributed by atoms with van der Waals surface area (Å²) in [6.45, 7) is 8.19. The molecule has 0 saturated heterocycles. The molecule has 1 N–H and O–H groups in total. The number of allylic oxidation sites excluding steroid dienone is 3. The monoisotopic (exact) mass is 154 g/mol. The van der Waals surface area contributed by atoms with Crippen LogP contribution in [0.4, 0.5) is 0 Å². The van der Waals surface area contributed by atoms with Gasteiger partial charge >= 0.3 is 0 Å². The maximum absolute atomic E-state index is 9.16. The number of aliphatic hydroxyl groups is 1. The van der Waals surface area contributed by atoms with Gasteiger partial charge in [0.05, 0.1) is 0 Å². The van der Waals surface area contributed by atoms with Crippen LogP contribution in [0.25, 0.3) is 0 Å². The van der Waals surface area contributed by atoms with Crippen molar-refractivity contribution in [1.82, 2.24) is 0 Å². The molecule has 0 aromatic heterocycles. The predicted octanol–water partition coefficient (Wildman–Crippen LogP) is 3.44. The van der Waals surface area contributed by atoms with Gasteiger partial charge in [0.2, 0.25) is 0 Å². The van der Waals surface area contributed by atoms with Gasteiger partial charge in [-0.3, -0.25) is 0 Å². The summed E-state index contributed by atoms with van der Waals surface area (Å²) in [5, 5.41) is 9.16. The Kier molecular flexibility index (Phi) is 4.67. The topological polar surface area (TPSA) is 20.2 Å². The molecule has 11 heavy (non-hydrogen) atoms. The Morgan fingerprint density at radius 1 is 1.55 bits per heavy atom. The van der Waals surface area contributed by atoms with E-state index in [9.17, 15) is 0 Å². The average molecular weight is 154 g/mol. The lowest BCUT2D eigenvalue weighted by Crippen LogP contribution is -1.93. The molecule has 0 aliphatic heterocycles. The molecule has 1 heteroatoms. The Morgan fingerprint density at radius 2 is 2.09 bits per heavy atom. The lowest BCUT2D eigenvalue weighted by atomic mass is 9.99. The summed E-state index contributed by atoms with van der Waals surface area (Å²) in [6, 6.07) is 0. The highest BCUT2D eigenvalue weighted by Crippen LogP contribution is 2.14. The van der Waals surface area contributed by atoms with Crippen molar-refractivity contribution in [2.24, 2.45) is 5.92 Å². The molecular weight excluding hydrogens is 136 g/mol. The molecule has 0 radical (unpaired) electrons. The largest absolute Gasteiger partial charge is 0.508 e. The first-order chi connectivity index (χ1) is 5.11. The Labute approximate surface area is 69.4 Å². The van der Waals surface area contributed by atoms with Crippen molar-refractivity contribution in [2.75, 3.05) is 0 Å². The zero-order chi connectivity index (χ0) is 8.85. The molecule has 0 fully saturated rings. The van der Waals surface area contributed by atoms with Crippen LogP contribution in [0.2, 0.25) is 0 Å². The molecule has 0 aromatic carbocycles. The van der Waals surface area contributed by atoms with Gasteiger partial charge in [-0.25, -0.2) is 0 Å². The lowest BCUT2D eigenvalue weighted by molar-refractivity contribution is 0.429.